The molecule has 1 atom stereocenters. The van der Waals surface area contributed by atoms with E-state index in [1.54, 1.807) is 6.92 Å². The van der Waals surface area contributed by atoms with Crippen LogP contribution >= 0.6 is 0 Å². The van der Waals surface area contributed by atoms with Crippen LogP contribution in [-0.4, -0.2) is 11.2 Å². The lowest BCUT2D eigenvalue weighted by Crippen LogP contribution is -2.26. The standard InChI is InChI=1S/C10H10F3NO2/c1-5-4-16-8-3-7(10(11,12)13)6(2)9(15)14(5)8/h3,5H,4H2,1-2H3. The highest BCUT2D eigenvalue weighted by molar-refractivity contribution is 5.33. The van der Waals surface area contributed by atoms with E-state index < -0.39 is 17.3 Å². The Balaban J connectivity index is 2.71. The molecule has 0 amide bonds. The maximum atomic E-state index is 12.6. The predicted molar refractivity (Wildman–Crippen MR) is 50.6 cm³/mol. The van der Waals surface area contributed by atoms with Gasteiger partial charge in [0.25, 0.3) is 5.56 Å². The molecule has 1 unspecified atom stereocenters. The molecule has 0 radical (unpaired) electrons. The number of fused-ring (bicyclic) bond motifs is 1. The molecule has 3 nitrogen and oxygen atoms in total. The first kappa shape index (κ1) is 11.0. The zero-order valence-electron chi connectivity index (χ0n) is 8.76. The van der Waals surface area contributed by atoms with Crippen molar-refractivity contribution in [1.82, 2.24) is 4.57 Å². The summed E-state index contributed by atoms with van der Waals surface area (Å²) >= 11 is 0. The Bertz CT molecular complexity index is 490. The second-order valence-corrected chi connectivity index (χ2v) is 3.85. The number of rotatable bonds is 0. The molecule has 0 saturated heterocycles. The van der Waals surface area contributed by atoms with Crippen LogP contribution in [0.25, 0.3) is 0 Å². The Labute approximate surface area is 89.5 Å². The molecule has 1 aliphatic rings. The molecule has 0 saturated carbocycles. The first-order valence-electron chi connectivity index (χ1n) is 4.78. The van der Waals surface area contributed by atoms with Crippen molar-refractivity contribution in [2.75, 3.05) is 6.61 Å². The SMILES string of the molecule is Cc1c(C(F)(F)F)cc2n(c1=O)C(C)CO2. The molecule has 88 valence electrons. The fourth-order valence-electron chi connectivity index (χ4n) is 1.80. The van der Waals surface area contributed by atoms with Crippen molar-refractivity contribution in [3.05, 3.63) is 27.5 Å². The maximum Gasteiger partial charge on any atom is 0.417 e. The normalized spacial score (nSPS) is 19.4. The predicted octanol–water partition coefficient (Wildman–Crippen LogP) is 2.13. The molecule has 0 N–H and O–H groups in total. The minimum absolute atomic E-state index is 0.00424. The van der Waals surface area contributed by atoms with Gasteiger partial charge in [0, 0.05) is 11.6 Å². The summed E-state index contributed by atoms with van der Waals surface area (Å²) in [5, 5.41) is 0. The molecule has 0 aromatic carbocycles. The van der Waals surface area contributed by atoms with Crippen molar-refractivity contribution in [2.45, 2.75) is 26.1 Å². The van der Waals surface area contributed by atoms with Gasteiger partial charge in [-0.25, -0.2) is 0 Å². The van der Waals surface area contributed by atoms with Crippen molar-refractivity contribution in [1.29, 1.82) is 0 Å². The van der Waals surface area contributed by atoms with Gasteiger partial charge in [-0.15, -0.1) is 0 Å². The van der Waals surface area contributed by atoms with E-state index in [2.05, 4.69) is 0 Å². The van der Waals surface area contributed by atoms with Gasteiger partial charge in [0.15, 0.2) is 5.88 Å². The van der Waals surface area contributed by atoms with Gasteiger partial charge in [-0.05, 0) is 13.8 Å². The number of hydrogen-bond acceptors (Lipinski definition) is 2. The van der Waals surface area contributed by atoms with Crippen molar-refractivity contribution in [2.24, 2.45) is 0 Å². The molecule has 0 bridgehead atoms. The average molecular weight is 233 g/mol. The number of halogens is 3. The summed E-state index contributed by atoms with van der Waals surface area (Å²) in [6.45, 7) is 3.14. The summed E-state index contributed by atoms with van der Waals surface area (Å²) in [6, 6.07) is 0.670. The summed E-state index contributed by atoms with van der Waals surface area (Å²) in [5.74, 6) is -0.00424. The fraction of sp³-hybridized carbons (Fsp3) is 0.500. The highest BCUT2D eigenvalue weighted by atomic mass is 19.4. The van der Waals surface area contributed by atoms with E-state index in [1.165, 1.54) is 11.5 Å². The van der Waals surface area contributed by atoms with Crippen LogP contribution in [0.2, 0.25) is 0 Å². The molecule has 0 aliphatic carbocycles. The van der Waals surface area contributed by atoms with Crippen LogP contribution < -0.4 is 10.3 Å². The van der Waals surface area contributed by atoms with Gasteiger partial charge >= 0.3 is 6.18 Å². The van der Waals surface area contributed by atoms with Gasteiger partial charge in [-0.2, -0.15) is 13.2 Å². The summed E-state index contributed by atoms with van der Waals surface area (Å²) in [6.07, 6.45) is -4.52. The summed E-state index contributed by atoms with van der Waals surface area (Å²) < 4.78 is 44.1. The molecule has 6 heteroatoms. The largest absolute Gasteiger partial charge is 0.477 e. The molecular formula is C10H10F3NO2. The smallest absolute Gasteiger partial charge is 0.417 e. The minimum Gasteiger partial charge on any atom is -0.477 e. The molecular weight excluding hydrogens is 223 g/mol. The first-order chi connectivity index (χ1) is 7.32. The third-order valence-corrected chi connectivity index (χ3v) is 2.67. The number of hydrogen-bond donors (Lipinski definition) is 0. The lowest BCUT2D eigenvalue weighted by molar-refractivity contribution is -0.138. The average Bonchev–Trinajstić information content (AvgIpc) is 2.52. The Morgan fingerprint density at radius 2 is 2.12 bits per heavy atom. The zero-order valence-corrected chi connectivity index (χ0v) is 8.76. The van der Waals surface area contributed by atoms with Crippen LogP contribution in [0.15, 0.2) is 10.9 Å². The lowest BCUT2D eigenvalue weighted by atomic mass is 10.1. The molecule has 1 aliphatic heterocycles. The summed E-state index contributed by atoms with van der Waals surface area (Å²) in [7, 11) is 0. The number of alkyl halides is 3. The number of aromatic nitrogens is 1. The van der Waals surface area contributed by atoms with Gasteiger partial charge < -0.3 is 4.74 Å². The number of pyridine rings is 1. The second kappa shape index (κ2) is 3.26. The van der Waals surface area contributed by atoms with Crippen molar-refractivity contribution < 1.29 is 17.9 Å². The van der Waals surface area contributed by atoms with Crippen molar-refractivity contribution in [3.8, 4) is 5.88 Å². The topological polar surface area (TPSA) is 31.2 Å². The van der Waals surface area contributed by atoms with E-state index in [9.17, 15) is 18.0 Å². The Morgan fingerprint density at radius 1 is 1.50 bits per heavy atom. The molecule has 0 spiro atoms. The van der Waals surface area contributed by atoms with Crippen LogP contribution in [-0.2, 0) is 6.18 Å². The first-order valence-corrected chi connectivity index (χ1v) is 4.78. The number of ether oxygens (including phenoxy) is 1. The minimum atomic E-state index is -4.52. The molecule has 2 heterocycles. The molecule has 16 heavy (non-hydrogen) atoms. The molecule has 0 fully saturated rings. The highest BCUT2D eigenvalue weighted by Gasteiger charge is 2.36. The van der Waals surface area contributed by atoms with E-state index in [-0.39, 0.29) is 24.1 Å². The van der Waals surface area contributed by atoms with E-state index in [4.69, 9.17) is 4.74 Å². The second-order valence-electron chi connectivity index (χ2n) is 3.85. The Morgan fingerprint density at radius 3 is 2.69 bits per heavy atom. The van der Waals surface area contributed by atoms with Crippen LogP contribution in [0.1, 0.15) is 24.1 Å². The summed E-state index contributed by atoms with van der Waals surface area (Å²) in [5.41, 5.74) is -1.83. The highest BCUT2D eigenvalue weighted by Crippen LogP contribution is 2.34. The van der Waals surface area contributed by atoms with E-state index >= 15 is 0 Å². The quantitative estimate of drug-likeness (QED) is 0.687. The van der Waals surface area contributed by atoms with Crippen LogP contribution in [0.5, 0.6) is 5.88 Å². The zero-order chi connectivity index (χ0) is 12.1. The van der Waals surface area contributed by atoms with Crippen LogP contribution in [0, 0.1) is 6.92 Å². The van der Waals surface area contributed by atoms with Gasteiger partial charge in [0.2, 0.25) is 0 Å². The van der Waals surface area contributed by atoms with Gasteiger partial charge in [0.1, 0.15) is 6.61 Å². The molecule has 1 aromatic heterocycles. The Kier molecular flexibility index (Phi) is 2.25. The van der Waals surface area contributed by atoms with E-state index in [1.807, 2.05) is 0 Å². The molecule has 1 aromatic rings. The van der Waals surface area contributed by atoms with Crippen molar-refractivity contribution >= 4 is 0 Å². The third kappa shape index (κ3) is 1.48. The third-order valence-electron chi connectivity index (χ3n) is 2.67. The van der Waals surface area contributed by atoms with Crippen molar-refractivity contribution in [3.63, 3.8) is 0 Å². The van der Waals surface area contributed by atoms with E-state index in [0.717, 1.165) is 6.07 Å². The van der Waals surface area contributed by atoms with Gasteiger partial charge in [-0.3, -0.25) is 9.36 Å². The van der Waals surface area contributed by atoms with Crippen LogP contribution in [0.4, 0.5) is 13.2 Å². The summed E-state index contributed by atoms with van der Waals surface area (Å²) in [4.78, 5) is 11.7. The number of nitrogens with zero attached hydrogens (tertiary/aromatic N) is 1. The maximum absolute atomic E-state index is 12.6. The molecule has 2 rings (SSSR count). The monoisotopic (exact) mass is 233 g/mol. The van der Waals surface area contributed by atoms with Gasteiger partial charge in [0.05, 0.1) is 11.6 Å². The Hall–Kier alpha value is -1.46. The van der Waals surface area contributed by atoms with E-state index in [0.29, 0.717) is 0 Å². The van der Waals surface area contributed by atoms with Crippen LogP contribution in [0.3, 0.4) is 0 Å². The fourth-order valence-corrected chi connectivity index (χ4v) is 1.80. The lowest BCUT2D eigenvalue weighted by Gasteiger charge is -2.13. The van der Waals surface area contributed by atoms with Gasteiger partial charge in [-0.1, -0.05) is 0 Å².